The average Bonchev–Trinajstić information content (AvgIpc) is 2.85. The molecule has 3 aromatic rings. The maximum absolute atomic E-state index is 13.9. The predicted octanol–water partition coefficient (Wildman–Crippen LogP) is 4.20. The van der Waals surface area contributed by atoms with Crippen LogP contribution in [0, 0.1) is 18.8 Å². The fourth-order valence-electron chi connectivity index (χ4n) is 3.91. The summed E-state index contributed by atoms with van der Waals surface area (Å²) in [4.78, 5) is 24.9. The van der Waals surface area contributed by atoms with Crippen LogP contribution in [0.5, 0.6) is 0 Å². The molecule has 1 aromatic heterocycles. The summed E-state index contributed by atoms with van der Waals surface area (Å²) in [6.07, 6.45) is 0.0377. The van der Waals surface area contributed by atoms with Gasteiger partial charge in [0.1, 0.15) is 6.33 Å². The lowest BCUT2D eigenvalue weighted by molar-refractivity contribution is -0.138. The number of hydrogen-bond donors (Lipinski definition) is 1. The van der Waals surface area contributed by atoms with Gasteiger partial charge in [-0.15, -0.1) is 0 Å². The summed E-state index contributed by atoms with van der Waals surface area (Å²) in [5, 5.41) is 2.60. The molecule has 1 amide bonds. The van der Waals surface area contributed by atoms with Crippen LogP contribution >= 0.6 is 0 Å². The van der Waals surface area contributed by atoms with Crippen LogP contribution in [0.3, 0.4) is 0 Å². The standard InChI is InChI=1S/C27H26F3N5O/c1-19-3-5-22(13-21(19)6-4-20-15-31-18-32-16-20)26(36)33-24-8-7-23(25(14-24)27(28,29)30)17-35-11-9-34(2)10-12-35/h3,5,7-8,13-16,18H,9-12,17H2,1-2H3,(H,33,36). The van der Waals surface area contributed by atoms with Crippen molar-refractivity contribution in [2.45, 2.75) is 19.6 Å². The third-order valence-corrected chi connectivity index (χ3v) is 6.06. The quantitative estimate of drug-likeness (QED) is 0.552. The number of likely N-dealkylation sites (N-methyl/N-ethyl adjacent to an activating group) is 1. The van der Waals surface area contributed by atoms with Crippen LogP contribution in [0.1, 0.15) is 38.2 Å². The highest BCUT2D eigenvalue weighted by molar-refractivity contribution is 6.04. The lowest BCUT2D eigenvalue weighted by Gasteiger charge is -2.33. The van der Waals surface area contributed by atoms with E-state index in [-0.39, 0.29) is 17.8 Å². The number of carbonyl (C=O) groups is 1. The number of amides is 1. The van der Waals surface area contributed by atoms with Gasteiger partial charge in [-0.1, -0.05) is 24.0 Å². The Kier molecular flexibility index (Phi) is 7.67. The second-order valence-corrected chi connectivity index (χ2v) is 8.81. The smallest absolute Gasteiger partial charge is 0.322 e. The van der Waals surface area contributed by atoms with Crippen molar-refractivity contribution in [2.75, 3.05) is 38.5 Å². The summed E-state index contributed by atoms with van der Waals surface area (Å²) in [5.74, 6) is 5.43. The molecule has 0 spiro atoms. The highest BCUT2D eigenvalue weighted by atomic mass is 19.4. The molecule has 2 heterocycles. The maximum Gasteiger partial charge on any atom is 0.416 e. The largest absolute Gasteiger partial charge is 0.416 e. The molecule has 9 heteroatoms. The molecule has 1 aliphatic rings. The Hall–Kier alpha value is -3.74. The van der Waals surface area contributed by atoms with E-state index in [4.69, 9.17) is 0 Å². The molecule has 1 fully saturated rings. The van der Waals surface area contributed by atoms with Gasteiger partial charge in [-0.3, -0.25) is 9.69 Å². The van der Waals surface area contributed by atoms with Crippen molar-refractivity contribution < 1.29 is 18.0 Å². The van der Waals surface area contributed by atoms with E-state index in [1.54, 1.807) is 30.6 Å². The molecule has 186 valence electrons. The van der Waals surface area contributed by atoms with E-state index in [2.05, 4.69) is 32.0 Å². The zero-order valence-electron chi connectivity index (χ0n) is 20.1. The molecule has 0 saturated carbocycles. The van der Waals surface area contributed by atoms with Crippen LogP contribution in [0.2, 0.25) is 0 Å². The summed E-state index contributed by atoms with van der Waals surface area (Å²) < 4.78 is 41.6. The van der Waals surface area contributed by atoms with E-state index in [1.165, 1.54) is 18.5 Å². The summed E-state index contributed by atoms with van der Waals surface area (Å²) in [7, 11) is 2.00. The molecule has 1 aliphatic heterocycles. The number of halogens is 3. The van der Waals surface area contributed by atoms with Gasteiger partial charge in [0.25, 0.3) is 5.91 Å². The van der Waals surface area contributed by atoms with E-state index in [0.29, 0.717) is 29.8 Å². The molecule has 0 unspecified atom stereocenters. The zero-order chi connectivity index (χ0) is 25.7. The van der Waals surface area contributed by atoms with Crippen molar-refractivity contribution in [3.05, 3.63) is 88.5 Å². The number of carbonyl (C=O) groups excluding carboxylic acids is 1. The Balaban J connectivity index is 1.52. The van der Waals surface area contributed by atoms with Crippen LogP contribution in [-0.2, 0) is 12.7 Å². The summed E-state index contributed by atoms with van der Waals surface area (Å²) >= 11 is 0. The van der Waals surface area contributed by atoms with Crippen molar-refractivity contribution >= 4 is 11.6 Å². The number of piperazine rings is 1. The molecule has 0 radical (unpaired) electrons. The summed E-state index contributed by atoms with van der Waals surface area (Å²) in [5.41, 5.74) is 1.97. The highest BCUT2D eigenvalue weighted by Crippen LogP contribution is 2.34. The van der Waals surface area contributed by atoms with Crippen molar-refractivity contribution in [1.82, 2.24) is 19.8 Å². The van der Waals surface area contributed by atoms with E-state index in [1.807, 2.05) is 18.9 Å². The van der Waals surface area contributed by atoms with Crippen LogP contribution in [0.25, 0.3) is 0 Å². The number of nitrogens with zero attached hydrogens (tertiary/aromatic N) is 4. The number of nitrogens with one attached hydrogen (secondary N) is 1. The van der Waals surface area contributed by atoms with Gasteiger partial charge in [-0.2, -0.15) is 13.2 Å². The van der Waals surface area contributed by atoms with Gasteiger partial charge in [0, 0.05) is 61.9 Å². The molecule has 0 aliphatic carbocycles. The molecule has 2 aromatic carbocycles. The second kappa shape index (κ2) is 10.9. The first-order valence-corrected chi connectivity index (χ1v) is 11.5. The maximum atomic E-state index is 13.9. The van der Waals surface area contributed by atoms with Crippen molar-refractivity contribution in [2.24, 2.45) is 0 Å². The van der Waals surface area contributed by atoms with E-state index in [0.717, 1.165) is 24.7 Å². The fourth-order valence-corrected chi connectivity index (χ4v) is 3.91. The molecular weight excluding hydrogens is 467 g/mol. The lowest BCUT2D eigenvalue weighted by atomic mass is 10.0. The molecular formula is C27H26F3N5O. The van der Waals surface area contributed by atoms with Gasteiger partial charge in [0.15, 0.2) is 0 Å². The predicted molar refractivity (Wildman–Crippen MR) is 131 cm³/mol. The number of aryl methyl sites for hydroxylation is 1. The topological polar surface area (TPSA) is 61.4 Å². The van der Waals surface area contributed by atoms with Crippen LogP contribution in [0.4, 0.5) is 18.9 Å². The average molecular weight is 494 g/mol. The number of hydrogen-bond acceptors (Lipinski definition) is 5. The van der Waals surface area contributed by atoms with Gasteiger partial charge in [-0.25, -0.2) is 9.97 Å². The van der Waals surface area contributed by atoms with Crippen molar-refractivity contribution in [3.63, 3.8) is 0 Å². The number of alkyl halides is 3. The monoisotopic (exact) mass is 493 g/mol. The SMILES string of the molecule is Cc1ccc(C(=O)Nc2ccc(CN3CCN(C)CC3)c(C(F)(F)F)c2)cc1C#Cc1cncnc1. The third-order valence-electron chi connectivity index (χ3n) is 6.06. The number of benzene rings is 2. The van der Waals surface area contributed by atoms with Crippen LogP contribution < -0.4 is 5.32 Å². The number of aromatic nitrogens is 2. The Bertz CT molecular complexity index is 1290. The number of anilines is 1. The molecule has 36 heavy (non-hydrogen) atoms. The van der Waals surface area contributed by atoms with Gasteiger partial charge in [0.2, 0.25) is 0 Å². The van der Waals surface area contributed by atoms with E-state index < -0.39 is 17.6 Å². The van der Waals surface area contributed by atoms with Crippen LogP contribution in [-0.4, -0.2) is 58.9 Å². The first kappa shape index (κ1) is 25.4. The molecule has 6 nitrogen and oxygen atoms in total. The first-order chi connectivity index (χ1) is 17.2. The molecule has 1 N–H and O–H groups in total. The summed E-state index contributed by atoms with van der Waals surface area (Å²) in [6, 6.07) is 8.96. The van der Waals surface area contributed by atoms with Crippen LogP contribution in [0.15, 0.2) is 55.1 Å². The summed E-state index contributed by atoms with van der Waals surface area (Å²) in [6.45, 7) is 5.13. The molecule has 1 saturated heterocycles. The highest BCUT2D eigenvalue weighted by Gasteiger charge is 2.34. The number of rotatable bonds is 4. The Labute approximate surface area is 208 Å². The molecule has 0 bridgehead atoms. The van der Waals surface area contributed by atoms with Crippen molar-refractivity contribution in [3.8, 4) is 11.8 Å². The Morgan fingerprint density at radius 2 is 1.75 bits per heavy atom. The van der Waals surface area contributed by atoms with Crippen molar-refractivity contribution in [1.29, 1.82) is 0 Å². The van der Waals surface area contributed by atoms with Gasteiger partial charge in [-0.05, 0) is 49.4 Å². The van der Waals surface area contributed by atoms with E-state index >= 15 is 0 Å². The Morgan fingerprint density at radius 1 is 1.03 bits per heavy atom. The molecule has 4 rings (SSSR count). The van der Waals surface area contributed by atoms with Gasteiger partial charge in [0.05, 0.1) is 11.1 Å². The van der Waals surface area contributed by atoms with E-state index in [9.17, 15) is 18.0 Å². The molecule has 0 atom stereocenters. The zero-order valence-corrected chi connectivity index (χ0v) is 20.1. The normalized spacial score (nSPS) is 14.7. The Morgan fingerprint density at radius 3 is 2.44 bits per heavy atom. The fraction of sp³-hybridized carbons (Fsp3) is 0.296. The third kappa shape index (κ3) is 6.47. The minimum absolute atomic E-state index is 0.0871. The first-order valence-electron chi connectivity index (χ1n) is 11.5. The van der Waals surface area contributed by atoms with Gasteiger partial charge >= 0.3 is 6.18 Å². The lowest BCUT2D eigenvalue weighted by Crippen LogP contribution is -2.44. The van der Waals surface area contributed by atoms with Gasteiger partial charge < -0.3 is 10.2 Å². The minimum atomic E-state index is -4.53. The second-order valence-electron chi connectivity index (χ2n) is 8.81. The minimum Gasteiger partial charge on any atom is -0.322 e.